The largest absolute Gasteiger partial charge is 0.430 e. The van der Waals surface area contributed by atoms with Gasteiger partial charge in [-0.3, -0.25) is 9.59 Å². The van der Waals surface area contributed by atoms with Gasteiger partial charge < -0.3 is 16.2 Å². The fourth-order valence-corrected chi connectivity index (χ4v) is 3.06. The van der Waals surface area contributed by atoms with Gasteiger partial charge in [0.25, 0.3) is 5.60 Å². The number of benzene rings is 2. The van der Waals surface area contributed by atoms with Crippen LogP contribution >= 0.6 is 0 Å². The van der Waals surface area contributed by atoms with Gasteiger partial charge in [-0.05, 0) is 22.4 Å². The normalized spacial score (nSPS) is 13.6. The van der Waals surface area contributed by atoms with Crippen molar-refractivity contribution in [2.45, 2.75) is 30.9 Å². The Morgan fingerprint density at radius 3 is 2.00 bits per heavy atom. The third-order valence-corrected chi connectivity index (χ3v) is 4.34. The van der Waals surface area contributed by atoms with Crippen LogP contribution in [0.4, 0.5) is 26.3 Å². The average molecular weight is 433 g/mol. The molecule has 0 saturated carbocycles. The van der Waals surface area contributed by atoms with Gasteiger partial charge in [-0.2, -0.15) is 31.6 Å². The molecule has 4 N–H and O–H groups in total. The quantitative estimate of drug-likeness (QED) is 0.643. The summed E-state index contributed by atoms with van der Waals surface area (Å²) in [6.07, 6.45) is -12.6. The van der Waals surface area contributed by atoms with Crippen LogP contribution in [0.2, 0.25) is 0 Å². The molecule has 2 amide bonds. The van der Waals surface area contributed by atoms with Crippen LogP contribution in [-0.4, -0.2) is 29.3 Å². The summed E-state index contributed by atoms with van der Waals surface area (Å²) in [6.45, 7) is 0.862. The predicted octanol–water partition coefficient (Wildman–Crippen LogP) is 2.69. The summed E-state index contributed by atoms with van der Waals surface area (Å²) in [6, 6.07) is 4.34. The van der Waals surface area contributed by atoms with Crippen LogP contribution in [0.3, 0.4) is 0 Å². The Bertz CT molecular complexity index is 1040. The van der Waals surface area contributed by atoms with Crippen molar-refractivity contribution in [1.82, 2.24) is 5.32 Å². The van der Waals surface area contributed by atoms with E-state index in [-0.39, 0.29) is 11.5 Å². The first-order valence-corrected chi connectivity index (χ1v) is 8.05. The molecule has 2 aromatic carbocycles. The Kier molecular flexibility index (Phi) is 5.73. The van der Waals surface area contributed by atoms with Crippen LogP contribution in [0, 0.1) is 11.3 Å². The first kappa shape index (κ1) is 23.0. The highest BCUT2D eigenvalue weighted by Gasteiger charge is 2.72. The molecule has 160 valence electrons. The number of carbonyl (C=O) groups excluding carboxylic acids is 2. The molecule has 0 heterocycles. The molecule has 0 bridgehead atoms. The minimum atomic E-state index is -6.30. The number of alkyl halides is 6. The molecule has 0 aromatic heterocycles. The highest BCUT2D eigenvalue weighted by Crippen LogP contribution is 2.52. The van der Waals surface area contributed by atoms with Gasteiger partial charge in [0.1, 0.15) is 6.04 Å². The molecule has 0 aliphatic carbocycles. The van der Waals surface area contributed by atoms with Gasteiger partial charge in [0, 0.05) is 12.5 Å². The maximum atomic E-state index is 13.6. The molecule has 1 unspecified atom stereocenters. The number of primary amides is 1. The van der Waals surface area contributed by atoms with Gasteiger partial charge in [0.2, 0.25) is 11.8 Å². The van der Waals surface area contributed by atoms with Crippen LogP contribution in [0.25, 0.3) is 10.8 Å². The zero-order valence-corrected chi connectivity index (χ0v) is 15.0. The average Bonchev–Trinajstić information content (AvgIpc) is 2.62. The Hall–Kier alpha value is -3.33. The third kappa shape index (κ3) is 3.63. The SMILES string of the molecule is CC(=O)NC(C(N)=O)c1c(C(O)(C(F)(F)F)C(F)(F)F)cc(C#N)c2ccccc12. The number of nitrogens with zero attached hydrogens (tertiary/aromatic N) is 1. The summed E-state index contributed by atoms with van der Waals surface area (Å²) in [5, 5.41) is 20.6. The summed E-state index contributed by atoms with van der Waals surface area (Å²) < 4.78 is 81.4. The number of nitriles is 1. The second-order valence-corrected chi connectivity index (χ2v) is 6.28. The lowest BCUT2D eigenvalue weighted by atomic mass is 9.81. The monoisotopic (exact) mass is 433 g/mol. The number of aliphatic hydroxyl groups is 1. The summed E-state index contributed by atoms with van der Waals surface area (Å²) in [7, 11) is 0. The zero-order chi connectivity index (χ0) is 23.1. The van der Waals surface area contributed by atoms with E-state index in [1.54, 1.807) is 0 Å². The number of hydrogen-bond donors (Lipinski definition) is 3. The van der Waals surface area contributed by atoms with E-state index in [1.807, 2.05) is 5.32 Å². The maximum absolute atomic E-state index is 13.6. The lowest BCUT2D eigenvalue weighted by Crippen LogP contribution is -2.55. The molecular formula is C18H13F6N3O3. The summed E-state index contributed by atoms with van der Waals surface area (Å²) in [5.74, 6) is -2.46. The van der Waals surface area contributed by atoms with Gasteiger partial charge in [0.15, 0.2) is 0 Å². The van der Waals surface area contributed by atoms with E-state index in [9.17, 15) is 46.3 Å². The summed E-state index contributed by atoms with van der Waals surface area (Å²) in [4.78, 5) is 23.4. The fourth-order valence-electron chi connectivity index (χ4n) is 3.06. The number of rotatable bonds is 4. The molecule has 12 heteroatoms. The van der Waals surface area contributed by atoms with Gasteiger partial charge >= 0.3 is 12.4 Å². The molecular weight excluding hydrogens is 420 g/mol. The Morgan fingerprint density at radius 1 is 1.10 bits per heavy atom. The first-order chi connectivity index (χ1) is 13.7. The zero-order valence-electron chi connectivity index (χ0n) is 15.0. The second-order valence-electron chi connectivity index (χ2n) is 6.28. The van der Waals surface area contributed by atoms with E-state index in [4.69, 9.17) is 5.73 Å². The molecule has 0 saturated heterocycles. The topological polar surface area (TPSA) is 116 Å². The van der Waals surface area contributed by atoms with Crippen molar-refractivity contribution in [2.24, 2.45) is 5.73 Å². The van der Waals surface area contributed by atoms with Crippen molar-refractivity contribution in [3.05, 3.63) is 47.0 Å². The smallest absolute Gasteiger partial charge is 0.369 e. The number of fused-ring (bicyclic) bond motifs is 1. The maximum Gasteiger partial charge on any atom is 0.430 e. The minimum Gasteiger partial charge on any atom is -0.369 e. The number of halogens is 6. The van der Waals surface area contributed by atoms with E-state index in [1.165, 1.54) is 24.3 Å². The minimum absolute atomic E-state index is 0.109. The number of nitrogens with two attached hydrogens (primary N) is 1. The molecule has 0 radical (unpaired) electrons. The van der Waals surface area contributed by atoms with E-state index in [0.29, 0.717) is 0 Å². The molecule has 0 aliphatic rings. The molecule has 30 heavy (non-hydrogen) atoms. The van der Waals surface area contributed by atoms with E-state index in [2.05, 4.69) is 0 Å². The fraction of sp³-hybridized carbons (Fsp3) is 0.278. The van der Waals surface area contributed by atoms with E-state index >= 15 is 0 Å². The Balaban J connectivity index is 3.17. The first-order valence-electron chi connectivity index (χ1n) is 8.05. The lowest BCUT2D eigenvalue weighted by Gasteiger charge is -2.35. The van der Waals surface area contributed by atoms with Gasteiger partial charge in [-0.15, -0.1) is 0 Å². The van der Waals surface area contributed by atoms with Crippen molar-refractivity contribution in [1.29, 1.82) is 5.26 Å². The second kappa shape index (κ2) is 7.49. The van der Waals surface area contributed by atoms with Gasteiger partial charge in [-0.1, -0.05) is 24.3 Å². The molecule has 1 atom stereocenters. The molecule has 0 spiro atoms. The number of hydrogen-bond acceptors (Lipinski definition) is 4. The van der Waals surface area contributed by atoms with Crippen molar-refractivity contribution >= 4 is 22.6 Å². The van der Waals surface area contributed by atoms with Crippen molar-refractivity contribution < 1.29 is 41.0 Å². The molecule has 0 fully saturated rings. The Morgan fingerprint density at radius 2 is 1.60 bits per heavy atom. The number of nitrogens with one attached hydrogen (secondary N) is 1. The number of carbonyl (C=O) groups is 2. The van der Waals surface area contributed by atoms with Crippen molar-refractivity contribution in [3.8, 4) is 6.07 Å². The lowest BCUT2D eigenvalue weighted by molar-refractivity contribution is -0.376. The third-order valence-electron chi connectivity index (χ3n) is 4.34. The van der Waals surface area contributed by atoms with Crippen LogP contribution < -0.4 is 11.1 Å². The standard InChI is InChI=1S/C18H13F6N3O3/c1-8(28)27-14(15(26)29)13-11-5-3-2-4-10(11)9(7-25)6-12(13)16(30,17(19,20)21)18(22,23)24/h2-6,14,30H,1H3,(H2,26,29)(H,27,28). The Labute approximate surface area is 164 Å². The van der Waals surface area contributed by atoms with Crippen molar-refractivity contribution in [2.75, 3.05) is 0 Å². The van der Waals surface area contributed by atoms with Crippen molar-refractivity contribution in [3.63, 3.8) is 0 Å². The van der Waals surface area contributed by atoms with Crippen LogP contribution in [-0.2, 0) is 15.2 Å². The molecule has 0 aliphatic heterocycles. The summed E-state index contributed by atoms with van der Waals surface area (Å²) >= 11 is 0. The predicted molar refractivity (Wildman–Crippen MR) is 90.4 cm³/mol. The summed E-state index contributed by atoms with van der Waals surface area (Å²) in [5.41, 5.74) is -3.80. The van der Waals surface area contributed by atoms with E-state index in [0.717, 1.165) is 13.0 Å². The molecule has 2 rings (SSSR count). The van der Waals surface area contributed by atoms with Crippen LogP contribution in [0.15, 0.2) is 30.3 Å². The highest BCUT2D eigenvalue weighted by molar-refractivity contribution is 5.97. The van der Waals surface area contributed by atoms with Gasteiger partial charge in [-0.25, -0.2) is 0 Å². The highest BCUT2D eigenvalue weighted by atomic mass is 19.4. The number of amides is 2. The molecule has 2 aromatic rings. The van der Waals surface area contributed by atoms with E-state index < -0.39 is 57.9 Å². The molecule has 6 nitrogen and oxygen atoms in total. The van der Waals surface area contributed by atoms with Crippen LogP contribution in [0.5, 0.6) is 0 Å². The van der Waals surface area contributed by atoms with Gasteiger partial charge in [0.05, 0.1) is 11.6 Å². The van der Waals surface area contributed by atoms with Crippen LogP contribution in [0.1, 0.15) is 29.7 Å².